The summed E-state index contributed by atoms with van der Waals surface area (Å²) in [5.74, 6) is 0.763. The SMILES string of the molecule is CCc1nc2c(Br)ccc(OC)c2c(N)c1C. The average Bonchev–Trinajstić information content (AvgIpc) is 2.34. The van der Waals surface area contributed by atoms with Gasteiger partial charge in [-0.1, -0.05) is 6.92 Å². The fourth-order valence-corrected chi connectivity index (χ4v) is 2.41. The minimum atomic E-state index is 0.755. The molecule has 0 radical (unpaired) electrons. The summed E-state index contributed by atoms with van der Waals surface area (Å²) < 4.78 is 6.29. The number of nitrogens with zero attached hydrogens (tertiary/aromatic N) is 1. The van der Waals surface area contributed by atoms with Crippen LogP contribution in [-0.4, -0.2) is 12.1 Å². The summed E-state index contributed by atoms with van der Waals surface area (Å²) >= 11 is 3.51. The molecule has 4 heteroatoms. The molecule has 0 aliphatic heterocycles. The molecule has 0 atom stereocenters. The van der Waals surface area contributed by atoms with E-state index in [2.05, 4.69) is 27.8 Å². The Bertz CT molecular complexity index is 581. The molecule has 0 spiro atoms. The fourth-order valence-electron chi connectivity index (χ4n) is 1.99. The molecule has 0 aliphatic rings. The second-order valence-corrected chi connectivity index (χ2v) is 4.78. The Balaban J connectivity index is 2.94. The predicted octanol–water partition coefficient (Wildman–Crippen LogP) is 3.46. The van der Waals surface area contributed by atoms with E-state index in [9.17, 15) is 0 Å². The number of benzene rings is 1. The van der Waals surface area contributed by atoms with Gasteiger partial charge in [-0.3, -0.25) is 4.98 Å². The van der Waals surface area contributed by atoms with Crippen molar-refractivity contribution in [3.05, 3.63) is 27.9 Å². The largest absolute Gasteiger partial charge is 0.496 e. The zero-order valence-electron chi connectivity index (χ0n) is 10.2. The van der Waals surface area contributed by atoms with E-state index in [1.165, 1.54) is 0 Å². The van der Waals surface area contributed by atoms with Crippen molar-refractivity contribution in [2.45, 2.75) is 20.3 Å². The molecule has 90 valence electrons. The maximum atomic E-state index is 6.20. The molecule has 0 amide bonds. The number of hydrogen-bond acceptors (Lipinski definition) is 3. The van der Waals surface area contributed by atoms with E-state index in [1.54, 1.807) is 7.11 Å². The number of rotatable bonds is 2. The molecule has 0 fully saturated rings. The predicted molar refractivity (Wildman–Crippen MR) is 74.5 cm³/mol. The van der Waals surface area contributed by atoms with Crippen LogP contribution in [0.1, 0.15) is 18.2 Å². The minimum absolute atomic E-state index is 0.755. The molecule has 2 rings (SSSR count). The quantitative estimate of drug-likeness (QED) is 0.923. The fraction of sp³-hybridized carbons (Fsp3) is 0.308. The number of nitrogen functional groups attached to an aromatic ring is 1. The van der Waals surface area contributed by atoms with Crippen LogP contribution in [0.3, 0.4) is 0 Å². The number of hydrogen-bond donors (Lipinski definition) is 1. The lowest BCUT2D eigenvalue weighted by molar-refractivity contribution is 0.420. The summed E-state index contributed by atoms with van der Waals surface area (Å²) in [5, 5.41) is 0.886. The van der Waals surface area contributed by atoms with Crippen molar-refractivity contribution >= 4 is 32.5 Å². The van der Waals surface area contributed by atoms with Gasteiger partial charge in [0.05, 0.1) is 18.0 Å². The monoisotopic (exact) mass is 294 g/mol. The molecule has 0 saturated carbocycles. The first-order valence-corrected chi connectivity index (χ1v) is 6.30. The molecule has 2 aromatic rings. The number of anilines is 1. The molecule has 1 aromatic heterocycles. The third kappa shape index (κ3) is 1.86. The summed E-state index contributed by atoms with van der Waals surface area (Å²) in [5.41, 5.74) is 9.89. The first-order valence-electron chi connectivity index (χ1n) is 5.51. The molecule has 1 aromatic carbocycles. The third-order valence-electron chi connectivity index (χ3n) is 3.00. The third-order valence-corrected chi connectivity index (χ3v) is 3.64. The molecule has 0 unspecified atom stereocenters. The molecule has 17 heavy (non-hydrogen) atoms. The number of fused-ring (bicyclic) bond motifs is 1. The summed E-state index contributed by atoms with van der Waals surface area (Å²) in [4.78, 5) is 4.66. The number of methoxy groups -OCH3 is 1. The van der Waals surface area contributed by atoms with Crippen LogP contribution in [0.2, 0.25) is 0 Å². The molecule has 2 N–H and O–H groups in total. The Labute approximate surface area is 109 Å². The van der Waals surface area contributed by atoms with E-state index < -0.39 is 0 Å². The maximum Gasteiger partial charge on any atom is 0.130 e. The first kappa shape index (κ1) is 12.2. The lowest BCUT2D eigenvalue weighted by atomic mass is 10.1. The van der Waals surface area contributed by atoms with Crippen LogP contribution in [-0.2, 0) is 6.42 Å². The van der Waals surface area contributed by atoms with Gasteiger partial charge in [-0.15, -0.1) is 0 Å². The number of pyridine rings is 1. The van der Waals surface area contributed by atoms with Gasteiger partial charge in [0.15, 0.2) is 0 Å². The Kier molecular flexibility index (Phi) is 3.24. The van der Waals surface area contributed by atoms with Crippen LogP contribution in [0, 0.1) is 6.92 Å². The smallest absolute Gasteiger partial charge is 0.130 e. The van der Waals surface area contributed by atoms with Gasteiger partial charge in [-0.25, -0.2) is 0 Å². The molecule has 0 aliphatic carbocycles. The van der Waals surface area contributed by atoms with Crippen molar-refractivity contribution in [3.63, 3.8) is 0 Å². The van der Waals surface area contributed by atoms with Crippen molar-refractivity contribution < 1.29 is 4.74 Å². The van der Waals surface area contributed by atoms with Gasteiger partial charge in [-0.05, 0) is 47.0 Å². The normalized spacial score (nSPS) is 10.8. The Hall–Kier alpha value is -1.29. The zero-order valence-corrected chi connectivity index (χ0v) is 11.8. The lowest BCUT2D eigenvalue weighted by Crippen LogP contribution is -2.02. The van der Waals surface area contributed by atoms with Crippen molar-refractivity contribution in [3.8, 4) is 5.75 Å². The summed E-state index contributed by atoms with van der Waals surface area (Å²) in [7, 11) is 1.64. The highest BCUT2D eigenvalue weighted by Crippen LogP contribution is 2.36. The van der Waals surface area contributed by atoms with Gasteiger partial charge in [0.25, 0.3) is 0 Å². The van der Waals surface area contributed by atoms with Crippen molar-refractivity contribution in [1.82, 2.24) is 4.98 Å². The zero-order chi connectivity index (χ0) is 12.6. The van der Waals surface area contributed by atoms with Crippen LogP contribution >= 0.6 is 15.9 Å². The van der Waals surface area contributed by atoms with E-state index in [0.29, 0.717) is 0 Å². The van der Waals surface area contributed by atoms with Gasteiger partial charge in [0, 0.05) is 15.9 Å². The van der Waals surface area contributed by atoms with E-state index >= 15 is 0 Å². The first-order chi connectivity index (χ1) is 8.10. The maximum absolute atomic E-state index is 6.20. The average molecular weight is 295 g/mol. The van der Waals surface area contributed by atoms with E-state index in [1.807, 2.05) is 19.1 Å². The highest BCUT2D eigenvalue weighted by atomic mass is 79.9. The molecule has 0 bridgehead atoms. The van der Waals surface area contributed by atoms with Gasteiger partial charge in [0.2, 0.25) is 0 Å². The number of halogens is 1. The van der Waals surface area contributed by atoms with E-state index in [-0.39, 0.29) is 0 Å². The van der Waals surface area contributed by atoms with Gasteiger partial charge >= 0.3 is 0 Å². The minimum Gasteiger partial charge on any atom is -0.496 e. The van der Waals surface area contributed by atoms with Crippen molar-refractivity contribution in [2.24, 2.45) is 0 Å². The lowest BCUT2D eigenvalue weighted by Gasteiger charge is -2.13. The highest BCUT2D eigenvalue weighted by molar-refractivity contribution is 9.10. The number of ether oxygens (including phenoxy) is 1. The van der Waals surface area contributed by atoms with Crippen LogP contribution in [0.25, 0.3) is 10.9 Å². The van der Waals surface area contributed by atoms with E-state index in [0.717, 1.165) is 44.5 Å². The highest BCUT2D eigenvalue weighted by Gasteiger charge is 2.14. The Morgan fingerprint density at radius 1 is 1.41 bits per heavy atom. The summed E-state index contributed by atoms with van der Waals surface area (Å²) in [6.07, 6.45) is 0.871. The van der Waals surface area contributed by atoms with Gasteiger partial charge in [-0.2, -0.15) is 0 Å². The number of nitrogens with two attached hydrogens (primary N) is 1. The van der Waals surface area contributed by atoms with Gasteiger partial charge < -0.3 is 10.5 Å². The number of aryl methyl sites for hydroxylation is 1. The Morgan fingerprint density at radius 2 is 2.12 bits per heavy atom. The van der Waals surface area contributed by atoms with E-state index in [4.69, 9.17) is 10.5 Å². The number of aromatic nitrogens is 1. The molecule has 0 saturated heterocycles. The summed E-state index contributed by atoms with van der Waals surface area (Å²) in [6, 6.07) is 3.83. The molecule has 1 heterocycles. The topological polar surface area (TPSA) is 48.1 Å². The molecular weight excluding hydrogens is 280 g/mol. The second kappa shape index (κ2) is 4.53. The molecule has 3 nitrogen and oxygen atoms in total. The van der Waals surface area contributed by atoms with Crippen molar-refractivity contribution in [1.29, 1.82) is 0 Å². The second-order valence-electron chi connectivity index (χ2n) is 3.92. The van der Waals surface area contributed by atoms with Gasteiger partial charge in [0.1, 0.15) is 5.75 Å². The van der Waals surface area contributed by atoms with Crippen LogP contribution in [0.15, 0.2) is 16.6 Å². The van der Waals surface area contributed by atoms with Crippen LogP contribution in [0.4, 0.5) is 5.69 Å². The van der Waals surface area contributed by atoms with Crippen molar-refractivity contribution in [2.75, 3.05) is 12.8 Å². The van der Waals surface area contributed by atoms with Crippen LogP contribution < -0.4 is 10.5 Å². The standard InChI is InChI=1S/C13H15BrN2O/c1-4-9-7(2)12(15)11-10(17-3)6-5-8(14)13(11)16-9/h5-6H,4H2,1-3H3,(H2,15,16). The molecular formula is C13H15BrN2O. The Morgan fingerprint density at radius 3 is 2.71 bits per heavy atom. The summed E-state index contributed by atoms with van der Waals surface area (Å²) in [6.45, 7) is 4.08. The van der Waals surface area contributed by atoms with Crippen LogP contribution in [0.5, 0.6) is 5.75 Å².